The molecule has 5 heterocycles. The number of aromatic nitrogens is 2. The third-order valence-electron chi connectivity index (χ3n) is 10.2. The Morgan fingerprint density at radius 3 is 2.42 bits per heavy atom. The molecule has 3 aromatic rings. The lowest BCUT2D eigenvalue weighted by molar-refractivity contribution is -0.142. The van der Waals surface area contributed by atoms with Crippen LogP contribution >= 0.6 is 0 Å². The van der Waals surface area contributed by atoms with Gasteiger partial charge in [0, 0.05) is 62.3 Å². The number of likely N-dealkylation sites (tertiary alicyclic amines) is 3. The van der Waals surface area contributed by atoms with E-state index in [0.717, 1.165) is 60.1 Å². The molecule has 0 aliphatic carbocycles. The average molecular weight is 614 g/mol. The molecule has 45 heavy (non-hydrogen) atoms. The van der Waals surface area contributed by atoms with Gasteiger partial charge in [0.25, 0.3) is 5.91 Å². The van der Waals surface area contributed by atoms with E-state index in [-0.39, 0.29) is 18.0 Å². The molecule has 11 heteroatoms. The van der Waals surface area contributed by atoms with Crippen LogP contribution in [0.25, 0.3) is 10.9 Å². The predicted molar refractivity (Wildman–Crippen MR) is 171 cm³/mol. The lowest BCUT2D eigenvalue weighted by atomic mass is 10.0. The number of aromatic amines is 1. The second-order valence-corrected chi connectivity index (χ2v) is 12.9. The summed E-state index contributed by atoms with van der Waals surface area (Å²) in [4.78, 5) is 48.6. The zero-order valence-electron chi connectivity index (χ0n) is 25.8. The number of nitrogens with one attached hydrogen (secondary N) is 2. The number of H-pyrrole nitrogens is 1. The van der Waals surface area contributed by atoms with Gasteiger partial charge in [-0.15, -0.1) is 0 Å². The molecule has 0 saturated carbocycles. The second-order valence-electron chi connectivity index (χ2n) is 12.9. The Kier molecular flexibility index (Phi) is 8.60. The van der Waals surface area contributed by atoms with Gasteiger partial charge < -0.3 is 29.7 Å². The highest BCUT2D eigenvalue weighted by Crippen LogP contribution is 2.26. The van der Waals surface area contributed by atoms with Crippen molar-refractivity contribution in [2.45, 2.75) is 69.6 Å². The molecule has 4 amide bonds. The van der Waals surface area contributed by atoms with Crippen molar-refractivity contribution in [3.63, 3.8) is 0 Å². The van der Waals surface area contributed by atoms with E-state index in [2.05, 4.69) is 26.5 Å². The van der Waals surface area contributed by atoms with Crippen molar-refractivity contribution in [1.82, 2.24) is 29.8 Å². The van der Waals surface area contributed by atoms with Crippen molar-refractivity contribution < 1.29 is 19.1 Å². The fourth-order valence-corrected chi connectivity index (χ4v) is 7.57. The minimum Gasteiger partial charge on any atom is -0.436 e. The van der Waals surface area contributed by atoms with Crippen LogP contribution in [0.5, 0.6) is 0 Å². The normalized spacial score (nSPS) is 21.0. The number of fused-ring (bicyclic) bond motifs is 2. The number of hydrogen-bond donors (Lipinski definition) is 2. The number of ether oxygens (including phenoxy) is 1. The van der Waals surface area contributed by atoms with E-state index in [4.69, 9.17) is 4.74 Å². The quantitative estimate of drug-likeness (QED) is 0.430. The van der Waals surface area contributed by atoms with Gasteiger partial charge in [-0.25, -0.2) is 9.59 Å². The number of amides is 4. The summed E-state index contributed by atoms with van der Waals surface area (Å²) in [6.07, 6.45) is 7.25. The number of urea groups is 1. The lowest BCUT2D eigenvalue weighted by Crippen LogP contribution is -2.52. The number of carbonyl (C=O) groups is 3. The van der Waals surface area contributed by atoms with Crippen LogP contribution in [0, 0.1) is 0 Å². The molecule has 2 N–H and O–H groups in total. The molecule has 11 nitrogen and oxygen atoms in total. The first-order chi connectivity index (χ1) is 22.0. The molecular formula is C34H43N7O4. The Hall–Kier alpha value is -4.12. The predicted octanol–water partition coefficient (Wildman–Crippen LogP) is 4.25. The largest absolute Gasteiger partial charge is 0.436 e. The smallest absolute Gasteiger partial charge is 0.410 e. The molecule has 7 rings (SSSR count). The molecule has 1 unspecified atom stereocenters. The van der Waals surface area contributed by atoms with Crippen molar-refractivity contribution in [3.8, 4) is 0 Å². The molecule has 0 bridgehead atoms. The van der Waals surface area contributed by atoms with Gasteiger partial charge in [-0.2, -0.15) is 5.10 Å². The Morgan fingerprint density at radius 1 is 0.889 bits per heavy atom. The Morgan fingerprint density at radius 2 is 1.62 bits per heavy atom. The van der Waals surface area contributed by atoms with Crippen LogP contribution in [0.4, 0.5) is 15.3 Å². The van der Waals surface area contributed by atoms with E-state index in [0.29, 0.717) is 58.0 Å². The first-order valence-electron chi connectivity index (χ1n) is 16.6. The monoisotopic (exact) mass is 613 g/mol. The van der Waals surface area contributed by atoms with Gasteiger partial charge in [0.1, 0.15) is 0 Å². The highest BCUT2D eigenvalue weighted by Gasteiger charge is 2.36. The van der Waals surface area contributed by atoms with Gasteiger partial charge in [-0.3, -0.25) is 9.89 Å². The molecule has 3 fully saturated rings. The minimum atomic E-state index is -0.905. The maximum absolute atomic E-state index is 13.9. The van der Waals surface area contributed by atoms with Crippen molar-refractivity contribution in [2.75, 3.05) is 51.1 Å². The summed E-state index contributed by atoms with van der Waals surface area (Å²) < 4.78 is 6.06. The van der Waals surface area contributed by atoms with E-state index in [9.17, 15) is 14.4 Å². The molecule has 3 saturated heterocycles. The Labute approximate surface area is 263 Å². The van der Waals surface area contributed by atoms with Crippen molar-refractivity contribution >= 4 is 34.6 Å². The van der Waals surface area contributed by atoms with Gasteiger partial charge >= 0.3 is 12.1 Å². The summed E-state index contributed by atoms with van der Waals surface area (Å²) >= 11 is 0. The van der Waals surface area contributed by atoms with E-state index < -0.39 is 12.2 Å². The summed E-state index contributed by atoms with van der Waals surface area (Å²) in [6, 6.07) is 14.3. The molecule has 2 aromatic carbocycles. The minimum absolute atomic E-state index is 0.0411. The molecular weight excluding hydrogens is 570 g/mol. The van der Waals surface area contributed by atoms with Crippen LogP contribution in [0.3, 0.4) is 0 Å². The summed E-state index contributed by atoms with van der Waals surface area (Å²) in [5, 5.41) is 11.1. The number of para-hydroxylation sites is 1. The number of carbonyl (C=O) groups excluding carboxylic acids is 3. The van der Waals surface area contributed by atoms with Crippen LogP contribution < -0.4 is 5.32 Å². The topological polar surface area (TPSA) is 114 Å². The van der Waals surface area contributed by atoms with Gasteiger partial charge in [0.2, 0.25) is 0 Å². The molecule has 238 valence electrons. The summed E-state index contributed by atoms with van der Waals surface area (Å²) in [5.74, 6) is -0.119. The van der Waals surface area contributed by atoms with Crippen LogP contribution in [0.1, 0.15) is 49.7 Å². The lowest BCUT2D eigenvalue weighted by Gasteiger charge is -2.39. The summed E-state index contributed by atoms with van der Waals surface area (Å²) in [7, 11) is 0. The molecule has 1 aromatic heterocycles. The number of hydrogen-bond acceptors (Lipinski definition) is 6. The van der Waals surface area contributed by atoms with Gasteiger partial charge in [-0.05, 0) is 87.4 Å². The standard InChI is InChI=1S/C34H43N7O4/c42-32(39-16-10-27(11-17-39)38-14-3-4-15-38)31(22-24-7-8-30-26(21-24)23-35-37-30)45-34(44)40-18-12-28(13-19-40)41-20-9-25-5-1-2-6-29(25)36-33(41)43/h1-2,5-8,21,23,27-28,31H,3-4,9-20,22H2,(H,35,37)(H,36,43). The van der Waals surface area contributed by atoms with Crippen molar-refractivity contribution in [2.24, 2.45) is 0 Å². The van der Waals surface area contributed by atoms with Crippen molar-refractivity contribution in [3.05, 3.63) is 59.8 Å². The van der Waals surface area contributed by atoms with Crippen LogP contribution in [0.15, 0.2) is 48.7 Å². The highest BCUT2D eigenvalue weighted by atomic mass is 16.6. The zero-order valence-corrected chi connectivity index (χ0v) is 25.8. The number of piperidine rings is 2. The maximum Gasteiger partial charge on any atom is 0.410 e. The number of anilines is 1. The Balaban J connectivity index is 0.989. The zero-order chi connectivity index (χ0) is 30.8. The molecule has 4 aliphatic heterocycles. The molecule has 0 spiro atoms. The third-order valence-corrected chi connectivity index (χ3v) is 10.2. The molecule has 1 atom stereocenters. The number of nitrogens with zero attached hydrogens (tertiary/aromatic N) is 5. The number of benzene rings is 2. The van der Waals surface area contributed by atoms with E-state index in [1.165, 1.54) is 12.8 Å². The van der Waals surface area contributed by atoms with Gasteiger partial charge in [0.05, 0.1) is 11.7 Å². The summed E-state index contributed by atoms with van der Waals surface area (Å²) in [5.41, 5.74) is 3.85. The van der Waals surface area contributed by atoms with E-state index >= 15 is 0 Å². The van der Waals surface area contributed by atoms with Crippen molar-refractivity contribution in [1.29, 1.82) is 0 Å². The number of rotatable bonds is 6. The van der Waals surface area contributed by atoms with Gasteiger partial charge in [0.15, 0.2) is 6.10 Å². The second kappa shape index (κ2) is 13.1. The van der Waals surface area contributed by atoms with Crippen LogP contribution in [-0.4, -0.2) is 112 Å². The fraction of sp³-hybridized carbons (Fsp3) is 0.529. The molecule has 4 aliphatic rings. The van der Waals surface area contributed by atoms with Gasteiger partial charge in [-0.1, -0.05) is 24.3 Å². The fourth-order valence-electron chi connectivity index (χ4n) is 7.57. The first-order valence-corrected chi connectivity index (χ1v) is 16.6. The van der Waals surface area contributed by atoms with Crippen LogP contribution in [0.2, 0.25) is 0 Å². The first kappa shape index (κ1) is 29.6. The average Bonchev–Trinajstić information content (AvgIpc) is 3.75. The van der Waals surface area contributed by atoms with E-state index in [1.807, 2.05) is 46.2 Å². The SMILES string of the molecule is O=C(OC(Cc1ccc2[nH]ncc2c1)C(=O)N1CCC(N2CCCC2)CC1)N1CCC(N2CCc3ccccc3NC2=O)CC1. The van der Waals surface area contributed by atoms with E-state index in [1.54, 1.807) is 11.1 Å². The maximum atomic E-state index is 13.9. The highest BCUT2D eigenvalue weighted by molar-refractivity contribution is 5.91. The van der Waals surface area contributed by atoms with Crippen LogP contribution in [-0.2, 0) is 22.4 Å². The summed E-state index contributed by atoms with van der Waals surface area (Å²) in [6.45, 7) is 5.27. The molecule has 0 radical (unpaired) electrons. The Bertz CT molecular complexity index is 1520. The third kappa shape index (κ3) is 6.49.